The molecule has 1 aromatic carbocycles. The number of aromatic nitrogens is 3. The second-order valence-electron chi connectivity index (χ2n) is 7.01. The van der Waals surface area contributed by atoms with Crippen LogP contribution >= 0.6 is 0 Å². The monoisotopic (exact) mass is 302 g/mol. The van der Waals surface area contributed by atoms with Gasteiger partial charge in [-0.15, -0.1) is 5.10 Å². The molecule has 5 heteroatoms. The molecule has 2 N–H and O–H groups in total. The van der Waals surface area contributed by atoms with E-state index < -0.39 is 0 Å². The van der Waals surface area contributed by atoms with E-state index in [2.05, 4.69) is 43.3 Å². The van der Waals surface area contributed by atoms with Crippen molar-refractivity contribution in [1.82, 2.24) is 20.3 Å². The van der Waals surface area contributed by atoms with Crippen molar-refractivity contribution in [2.24, 2.45) is 0 Å². The molecule has 0 aliphatic carbocycles. The summed E-state index contributed by atoms with van der Waals surface area (Å²) in [6, 6.07) is 10.1. The number of aliphatic hydroxyl groups excluding tert-OH is 1. The van der Waals surface area contributed by atoms with Crippen molar-refractivity contribution in [1.29, 1.82) is 0 Å². The number of aliphatic hydroxyl groups is 1. The molecule has 0 amide bonds. The van der Waals surface area contributed by atoms with Crippen LogP contribution < -0.4 is 5.32 Å². The maximum atomic E-state index is 9.77. The van der Waals surface area contributed by atoms with Crippen LogP contribution in [0.4, 0.5) is 0 Å². The molecule has 1 heterocycles. The van der Waals surface area contributed by atoms with Gasteiger partial charge >= 0.3 is 0 Å². The number of hydrogen-bond donors (Lipinski definition) is 2. The molecule has 0 fully saturated rings. The molecule has 2 rings (SSSR count). The lowest BCUT2D eigenvalue weighted by Gasteiger charge is -2.28. The highest BCUT2D eigenvalue weighted by atomic mass is 16.3. The largest absolute Gasteiger partial charge is 0.395 e. The Hall–Kier alpha value is -1.72. The van der Waals surface area contributed by atoms with E-state index in [0.29, 0.717) is 13.1 Å². The normalized spacial score (nSPS) is 14.8. The van der Waals surface area contributed by atoms with Gasteiger partial charge in [0.1, 0.15) is 0 Å². The first kappa shape index (κ1) is 16.6. The maximum absolute atomic E-state index is 9.77. The van der Waals surface area contributed by atoms with Crippen LogP contribution in [0.3, 0.4) is 0 Å². The van der Waals surface area contributed by atoms with E-state index in [4.69, 9.17) is 0 Å². The molecule has 0 saturated carbocycles. The molecule has 0 aliphatic heterocycles. The van der Waals surface area contributed by atoms with Crippen molar-refractivity contribution in [3.05, 3.63) is 47.8 Å². The summed E-state index contributed by atoms with van der Waals surface area (Å²) >= 11 is 0. The second-order valence-corrected chi connectivity index (χ2v) is 7.01. The molecule has 0 spiro atoms. The third-order valence-corrected chi connectivity index (χ3v) is 3.87. The Kier molecular flexibility index (Phi) is 4.98. The molecule has 0 radical (unpaired) electrons. The lowest BCUT2D eigenvalue weighted by Crippen LogP contribution is -2.38. The fourth-order valence-corrected chi connectivity index (χ4v) is 2.26. The van der Waals surface area contributed by atoms with Crippen molar-refractivity contribution >= 4 is 0 Å². The topological polar surface area (TPSA) is 63.0 Å². The van der Waals surface area contributed by atoms with Crippen LogP contribution in [0.1, 0.15) is 39.0 Å². The molecule has 1 atom stereocenters. The minimum absolute atomic E-state index is 0.0606. The van der Waals surface area contributed by atoms with Crippen LogP contribution in [0.15, 0.2) is 36.5 Å². The van der Waals surface area contributed by atoms with E-state index in [1.165, 1.54) is 0 Å². The van der Waals surface area contributed by atoms with Gasteiger partial charge in [0, 0.05) is 18.5 Å². The van der Waals surface area contributed by atoms with Crippen LogP contribution in [0.5, 0.6) is 0 Å². The van der Waals surface area contributed by atoms with E-state index in [9.17, 15) is 5.11 Å². The molecule has 0 bridgehead atoms. The fraction of sp³-hybridized carbons (Fsp3) is 0.529. The highest BCUT2D eigenvalue weighted by Gasteiger charge is 2.25. The standard InChI is InChI=1S/C17H26N4O/c1-16(2,3)21-11-15(19-20-21)10-18-12-17(4,13-22)14-8-6-5-7-9-14/h5-9,11,18,22H,10,12-13H2,1-4H3. The summed E-state index contributed by atoms with van der Waals surface area (Å²) in [5.74, 6) is 0. The quantitative estimate of drug-likeness (QED) is 0.857. The summed E-state index contributed by atoms with van der Waals surface area (Å²) in [6.07, 6.45) is 1.96. The Bertz CT molecular complexity index is 588. The first-order chi connectivity index (χ1) is 10.3. The number of benzene rings is 1. The molecule has 1 unspecified atom stereocenters. The minimum Gasteiger partial charge on any atom is -0.395 e. The van der Waals surface area contributed by atoms with Crippen LogP contribution in [0.25, 0.3) is 0 Å². The first-order valence-electron chi connectivity index (χ1n) is 7.64. The lowest BCUT2D eigenvalue weighted by molar-refractivity contribution is 0.201. The van der Waals surface area contributed by atoms with Crippen LogP contribution in [0, 0.1) is 0 Å². The van der Waals surface area contributed by atoms with E-state index >= 15 is 0 Å². The van der Waals surface area contributed by atoms with Crippen molar-refractivity contribution in [3.8, 4) is 0 Å². The summed E-state index contributed by atoms with van der Waals surface area (Å²) in [6.45, 7) is 9.75. The Labute approximate surface area is 132 Å². The molecule has 5 nitrogen and oxygen atoms in total. The zero-order valence-electron chi connectivity index (χ0n) is 13.9. The van der Waals surface area contributed by atoms with Gasteiger partial charge in [0.2, 0.25) is 0 Å². The lowest BCUT2D eigenvalue weighted by atomic mass is 9.83. The molecular weight excluding hydrogens is 276 g/mol. The second kappa shape index (κ2) is 6.58. The van der Waals surface area contributed by atoms with Crippen LogP contribution in [0.2, 0.25) is 0 Å². The number of nitrogens with one attached hydrogen (secondary N) is 1. The summed E-state index contributed by atoms with van der Waals surface area (Å²) in [7, 11) is 0. The molecular formula is C17H26N4O. The smallest absolute Gasteiger partial charge is 0.0965 e. The zero-order chi connectivity index (χ0) is 16.2. The predicted octanol–water partition coefficient (Wildman–Crippen LogP) is 2.07. The minimum atomic E-state index is -0.304. The number of hydrogen-bond acceptors (Lipinski definition) is 4. The predicted molar refractivity (Wildman–Crippen MR) is 87.6 cm³/mol. The van der Waals surface area contributed by atoms with E-state index in [0.717, 1.165) is 11.3 Å². The maximum Gasteiger partial charge on any atom is 0.0965 e. The third kappa shape index (κ3) is 3.93. The Balaban J connectivity index is 1.96. The van der Waals surface area contributed by atoms with Crippen LogP contribution in [-0.4, -0.2) is 33.3 Å². The zero-order valence-corrected chi connectivity index (χ0v) is 13.9. The van der Waals surface area contributed by atoms with E-state index in [-0.39, 0.29) is 17.6 Å². The van der Waals surface area contributed by atoms with Gasteiger partial charge in [0.25, 0.3) is 0 Å². The van der Waals surface area contributed by atoms with Gasteiger partial charge in [-0.05, 0) is 26.3 Å². The first-order valence-corrected chi connectivity index (χ1v) is 7.64. The van der Waals surface area contributed by atoms with Crippen molar-refractivity contribution in [2.45, 2.75) is 45.2 Å². The van der Waals surface area contributed by atoms with Gasteiger partial charge in [-0.3, -0.25) is 0 Å². The summed E-state index contributed by atoms with van der Waals surface area (Å²) < 4.78 is 1.87. The van der Waals surface area contributed by atoms with Gasteiger partial charge in [-0.1, -0.05) is 42.5 Å². The van der Waals surface area contributed by atoms with Crippen molar-refractivity contribution in [2.75, 3.05) is 13.2 Å². The molecule has 0 saturated heterocycles. The highest BCUT2D eigenvalue weighted by molar-refractivity contribution is 5.25. The summed E-state index contributed by atoms with van der Waals surface area (Å²) in [4.78, 5) is 0. The third-order valence-electron chi connectivity index (χ3n) is 3.87. The van der Waals surface area contributed by atoms with Gasteiger partial charge in [0.05, 0.1) is 24.0 Å². The average molecular weight is 302 g/mol. The molecule has 2 aromatic rings. The molecule has 1 aromatic heterocycles. The Morgan fingerprint density at radius 1 is 1.14 bits per heavy atom. The van der Waals surface area contributed by atoms with Gasteiger partial charge in [-0.25, -0.2) is 4.68 Å². The van der Waals surface area contributed by atoms with E-state index in [1.807, 2.05) is 41.2 Å². The number of rotatable bonds is 6. The van der Waals surface area contributed by atoms with Gasteiger partial charge < -0.3 is 10.4 Å². The fourth-order valence-electron chi connectivity index (χ4n) is 2.26. The van der Waals surface area contributed by atoms with Gasteiger partial charge in [-0.2, -0.15) is 0 Å². The van der Waals surface area contributed by atoms with Crippen molar-refractivity contribution in [3.63, 3.8) is 0 Å². The summed E-state index contributed by atoms with van der Waals surface area (Å²) in [5.41, 5.74) is 1.67. The summed E-state index contributed by atoms with van der Waals surface area (Å²) in [5, 5.41) is 21.5. The number of nitrogens with zero attached hydrogens (tertiary/aromatic N) is 3. The SMILES string of the molecule is CC(CO)(CNCc1cn(C(C)(C)C)nn1)c1ccccc1. The van der Waals surface area contributed by atoms with E-state index in [1.54, 1.807) is 0 Å². The molecule has 120 valence electrons. The molecule has 0 aliphatic rings. The Morgan fingerprint density at radius 2 is 1.82 bits per heavy atom. The molecule has 22 heavy (non-hydrogen) atoms. The Morgan fingerprint density at radius 3 is 2.36 bits per heavy atom. The van der Waals surface area contributed by atoms with Crippen LogP contribution in [-0.2, 0) is 17.5 Å². The van der Waals surface area contributed by atoms with Gasteiger partial charge in [0.15, 0.2) is 0 Å². The average Bonchev–Trinajstić information content (AvgIpc) is 2.97. The highest BCUT2D eigenvalue weighted by Crippen LogP contribution is 2.22. The van der Waals surface area contributed by atoms with Crippen molar-refractivity contribution < 1.29 is 5.11 Å².